The molecule has 2 rings (SSSR count). The van der Waals surface area contributed by atoms with Gasteiger partial charge >= 0.3 is 0 Å². The average Bonchev–Trinajstić information content (AvgIpc) is 2.39. The summed E-state index contributed by atoms with van der Waals surface area (Å²) in [5, 5.41) is 1.06. The van der Waals surface area contributed by atoms with Gasteiger partial charge in [0.2, 0.25) is 0 Å². The van der Waals surface area contributed by atoms with Gasteiger partial charge in [0.15, 0.2) is 0 Å². The molecule has 2 aromatic rings. The van der Waals surface area contributed by atoms with E-state index in [1.165, 1.54) is 6.26 Å². The van der Waals surface area contributed by atoms with E-state index in [0.29, 0.717) is 20.5 Å². The molecule has 6 heteroatoms. The van der Waals surface area contributed by atoms with Crippen molar-refractivity contribution in [2.24, 2.45) is 4.36 Å². The zero-order valence-electron chi connectivity index (χ0n) is 10.5. The standard InChI is InChI=1S/C14H11Cl2NO2S/c1-20(19,13-8-6-12(16)7-9-13)17-14(18)10-2-4-11(15)5-3-10/h2-9H,1H3/t20-/m0/s1. The van der Waals surface area contributed by atoms with Crippen LogP contribution < -0.4 is 0 Å². The van der Waals surface area contributed by atoms with Gasteiger partial charge in [0, 0.05) is 26.8 Å². The second kappa shape index (κ2) is 5.95. The van der Waals surface area contributed by atoms with Crippen LogP contribution in [0, 0.1) is 0 Å². The van der Waals surface area contributed by atoms with E-state index in [2.05, 4.69) is 4.36 Å². The summed E-state index contributed by atoms with van der Waals surface area (Å²) in [6, 6.07) is 12.7. The van der Waals surface area contributed by atoms with Crippen LogP contribution in [0.4, 0.5) is 0 Å². The molecule has 0 spiro atoms. The maximum atomic E-state index is 12.5. The van der Waals surface area contributed by atoms with Gasteiger partial charge in [-0.3, -0.25) is 4.79 Å². The molecule has 1 atom stereocenters. The van der Waals surface area contributed by atoms with Crippen LogP contribution in [0.1, 0.15) is 10.4 Å². The van der Waals surface area contributed by atoms with Crippen molar-refractivity contribution >= 4 is 38.8 Å². The van der Waals surface area contributed by atoms with Crippen LogP contribution in [0.25, 0.3) is 0 Å². The third-order valence-electron chi connectivity index (χ3n) is 2.60. The molecule has 0 N–H and O–H groups in total. The molecule has 0 aliphatic heterocycles. The summed E-state index contributed by atoms with van der Waals surface area (Å²) in [6.45, 7) is 0. The summed E-state index contributed by atoms with van der Waals surface area (Å²) in [5.74, 6) is -0.538. The first-order valence-corrected chi connectivity index (χ1v) is 8.34. The number of benzene rings is 2. The molecule has 0 fully saturated rings. The van der Waals surface area contributed by atoms with E-state index in [4.69, 9.17) is 23.2 Å². The highest BCUT2D eigenvalue weighted by Crippen LogP contribution is 2.17. The van der Waals surface area contributed by atoms with Crippen LogP contribution >= 0.6 is 23.2 Å². The lowest BCUT2D eigenvalue weighted by Crippen LogP contribution is -2.03. The second-order valence-electron chi connectivity index (χ2n) is 4.16. The third kappa shape index (κ3) is 3.60. The van der Waals surface area contributed by atoms with Crippen LogP contribution in [0.2, 0.25) is 10.0 Å². The van der Waals surface area contributed by atoms with E-state index < -0.39 is 15.6 Å². The molecule has 0 aliphatic rings. The summed E-state index contributed by atoms with van der Waals surface area (Å²) in [7, 11) is -2.80. The zero-order valence-corrected chi connectivity index (χ0v) is 12.9. The molecule has 104 valence electrons. The lowest BCUT2D eigenvalue weighted by Gasteiger charge is -2.04. The molecule has 0 radical (unpaired) electrons. The first kappa shape index (κ1) is 15.0. The Kier molecular flexibility index (Phi) is 4.48. The van der Waals surface area contributed by atoms with E-state index >= 15 is 0 Å². The highest BCUT2D eigenvalue weighted by Gasteiger charge is 2.11. The maximum Gasteiger partial charge on any atom is 0.285 e. The number of carbonyl (C=O) groups is 1. The van der Waals surface area contributed by atoms with E-state index in [-0.39, 0.29) is 0 Å². The zero-order chi connectivity index (χ0) is 14.8. The molecule has 0 bridgehead atoms. The van der Waals surface area contributed by atoms with Crippen molar-refractivity contribution in [3.05, 3.63) is 64.1 Å². The largest absolute Gasteiger partial charge is 0.285 e. The van der Waals surface area contributed by atoms with Gasteiger partial charge < -0.3 is 0 Å². The number of amides is 1. The van der Waals surface area contributed by atoms with Crippen LogP contribution in [-0.2, 0) is 9.73 Å². The Bertz CT molecular complexity index is 746. The Labute approximate surface area is 127 Å². The summed E-state index contributed by atoms with van der Waals surface area (Å²) >= 11 is 11.5. The van der Waals surface area contributed by atoms with Gasteiger partial charge in [-0.05, 0) is 48.5 Å². The first-order valence-electron chi connectivity index (χ1n) is 5.66. The summed E-state index contributed by atoms with van der Waals surface area (Å²) < 4.78 is 16.3. The third-order valence-corrected chi connectivity index (χ3v) is 4.76. The van der Waals surface area contributed by atoms with Crippen molar-refractivity contribution in [1.82, 2.24) is 0 Å². The van der Waals surface area contributed by atoms with Gasteiger partial charge in [0.1, 0.15) is 0 Å². The van der Waals surface area contributed by atoms with Gasteiger partial charge in [-0.2, -0.15) is 4.36 Å². The Morgan fingerprint density at radius 2 is 1.40 bits per heavy atom. The Morgan fingerprint density at radius 3 is 1.90 bits per heavy atom. The molecule has 3 nitrogen and oxygen atoms in total. The first-order chi connectivity index (χ1) is 9.38. The average molecular weight is 328 g/mol. The number of halogens is 2. The van der Waals surface area contributed by atoms with Crippen molar-refractivity contribution in [2.75, 3.05) is 6.26 Å². The van der Waals surface area contributed by atoms with Crippen molar-refractivity contribution in [3.63, 3.8) is 0 Å². The minimum Gasteiger partial charge on any atom is -0.266 e. The number of rotatable bonds is 2. The molecular formula is C14H11Cl2NO2S. The molecule has 0 aliphatic carbocycles. The SMILES string of the molecule is C[S@@](=O)(=NC(=O)c1ccc(Cl)cc1)c1ccc(Cl)cc1. The highest BCUT2D eigenvalue weighted by molar-refractivity contribution is 7.93. The monoisotopic (exact) mass is 327 g/mol. The van der Waals surface area contributed by atoms with Crippen LogP contribution in [0.5, 0.6) is 0 Å². The highest BCUT2D eigenvalue weighted by atomic mass is 35.5. The smallest absolute Gasteiger partial charge is 0.266 e. The predicted octanol–water partition coefficient (Wildman–Crippen LogP) is 4.29. The Morgan fingerprint density at radius 1 is 0.950 bits per heavy atom. The Balaban J connectivity index is 2.37. The molecule has 0 heterocycles. The van der Waals surface area contributed by atoms with Gasteiger partial charge in [-0.25, -0.2) is 4.21 Å². The number of hydrogen-bond donors (Lipinski definition) is 0. The normalized spacial score (nSPS) is 13.6. The van der Waals surface area contributed by atoms with Gasteiger partial charge in [0.05, 0.1) is 9.73 Å². The van der Waals surface area contributed by atoms with Gasteiger partial charge in [0.25, 0.3) is 5.91 Å². The quantitative estimate of drug-likeness (QED) is 0.825. The summed E-state index contributed by atoms with van der Waals surface area (Å²) in [5.41, 5.74) is 0.345. The van der Waals surface area contributed by atoms with Crippen LogP contribution in [-0.4, -0.2) is 16.4 Å². The fraction of sp³-hybridized carbons (Fsp3) is 0.0714. The minimum absolute atomic E-state index is 0.345. The molecule has 0 unspecified atom stereocenters. The molecule has 0 aromatic heterocycles. The predicted molar refractivity (Wildman–Crippen MR) is 82.0 cm³/mol. The summed E-state index contributed by atoms with van der Waals surface area (Å²) in [4.78, 5) is 12.5. The number of hydrogen-bond acceptors (Lipinski definition) is 2. The lowest BCUT2D eigenvalue weighted by molar-refractivity contribution is 0.100. The van der Waals surface area contributed by atoms with Gasteiger partial charge in [-0.1, -0.05) is 23.2 Å². The van der Waals surface area contributed by atoms with Crippen molar-refractivity contribution in [1.29, 1.82) is 0 Å². The number of nitrogens with zero attached hydrogens (tertiary/aromatic N) is 1. The topological polar surface area (TPSA) is 46.5 Å². The van der Waals surface area contributed by atoms with Crippen molar-refractivity contribution in [3.8, 4) is 0 Å². The van der Waals surface area contributed by atoms with E-state index in [9.17, 15) is 9.00 Å². The molecule has 20 heavy (non-hydrogen) atoms. The molecule has 0 saturated carbocycles. The van der Waals surface area contributed by atoms with Crippen molar-refractivity contribution < 1.29 is 9.00 Å². The molecule has 0 saturated heterocycles. The molecular weight excluding hydrogens is 317 g/mol. The fourth-order valence-electron chi connectivity index (χ4n) is 1.54. The number of carbonyl (C=O) groups excluding carboxylic acids is 1. The van der Waals surface area contributed by atoms with E-state index in [1.807, 2.05) is 0 Å². The molecule has 1 amide bonds. The lowest BCUT2D eigenvalue weighted by atomic mass is 10.2. The van der Waals surface area contributed by atoms with Crippen molar-refractivity contribution in [2.45, 2.75) is 4.90 Å². The van der Waals surface area contributed by atoms with Gasteiger partial charge in [-0.15, -0.1) is 0 Å². The molecule has 2 aromatic carbocycles. The van der Waals surface area contributed by atoms with E-state index in [0.717, 1.165) is 0 Å². The fourth-order valence-corrected chi connectivity index (χ4v) is 2.96. The van der Waals surface area contributed by atoms with Crippen LogP contribution in [0.15, 0.2) is 57.8 Å². The maximum absolute atomic E-state index is 12.5. The Hall–Kier alpha value is -1.36. The van der Waals surface area contributed by atoms with E-state index in [1.54, 1.807) is 48.5 Å². The second-order valence-corrected chi connectivity index (χ2v) is 7.29. The summed E-state index contributed by atoms with van der Waals surface area (Å²) in [6.07, 6.45) is 1.42. The van der Waals surface area contributed by atoms with Crippen LogP contribution in [0.3, 0.4) is 0 Å². The minimum atomic E-state index is -2.80.